The Bertz CT molecular complexity index is 1110. The highest BCUT2D eigenvalue weighted by atomic mass is 16.5. The molecule has 5 rings (SSSR count). The van der Waals surface area contributed by atoms with Crippen molar-refractivity contribution in [1.82, 2.24) is 25.1 Å². The van der Waals surface area contributed by atoms with Crippen molar-refractivity contribution in [1.29, 1.82) is 0 Å². The largest absolute Gasteiger partial charge is 0.363 e. The summed E-state index contributed by atoms with van der Waals surface area (Å²) in [6.45, 7) is 9.25. The maximum Gasteiger partial charge on any atom is 0.253 e. The van der Waals surface area contributed by atoms with Crippen molar-refractivity contribution < 1.29 is 9.53 Å². The quantitative estimate of drug-likeness (QED) is 0.697. The molecule has 31 heavy (non-hydrogen) atoms. The van der Waals surface area contributed by atoms with Gasteiger partial charge in [0.15, 0.2) is 17.6 Å². The zero-order chi connectivity index (χ0) is 21.6. The van der Waals surface area contributed by atoms with E-state index in [9.17, 15) is 4.79 Å². The highest BCUT2D eigenvalue weighted by Gasteiger charge is 2.32. The molecule has 8 heteroatoms. The van der Waals surface area contributed by atoms with E-state index in [0.717, 1.165) is 42.4 Å². The number of ether oxygens (including phenoxy) is 1. The van der Waals surface area contributed by atoms with Crippen molar-refractivity contribution in [2.24, 2.45) is 5.92 Å². The Labute approximate surface area is 181 Å². The molecule has 162 valence electrons. The van der Waals surface area contributed by atoms with Crippen LogP contribution in [-0.4, -0.2) is 52.0 Å². The number of carbonyl (C=O) groups excluding carboxylic acids is 1. The molecule has 4 heterocycles. The molecule has 3 aromatic rings. The number of hydrogen-bond acceptors (Lipinski definition) is 6. The standard InChI is InChI=1S/C23H28N6O2/c1-23(2,3)22-26-25-18-8-9-19(27-29(18)22)28-13-15(14-28)12-24-21(30)20-17-7-5-4-6-16(17)10-11-31-20/h4-9,15,20H,10-14H2,1-3H3,(H,24,30). The van der Waals surface area contributed by atoms with Gasteiger partial charge in [0.1, 0.15) is 5.82 Å². The Morgan fingerprint density at radius 1 is 1.16 bits per heavy atom. The Hall–Kier alpha value is -3.00. The van der Waals surface area contributed by atoms with Gasteiger partial charge in [-0.05, 0) is 29.7 Å². The SMILES string of the molecule is CC(C)(C)c1nnc2ccc(N3CC(CNC(=O)C4OCCc5ccccc54)C3)nn12. The number of benzene rings is 1. The van der Waals surface area contributed by atoms with E-state index in [4.69, 9.17) is 9.84 Å². The first-order valence-corrected chi connectivity index (χ1v) is 10.8. The van der Waals surface area contributed by atoms with Crippen LogP contribution in [0.1, 0.15) is 43.8 Å². The van der Waals surface area contributed by atoms with E-state index in [1.54, 1.807) is 0 Å². The van der Waals surface area contributed by atoms with Gasteiger partial charge in [0, 0.05) is 31.0 Å². The van der Waals surface area contributed by atoms with Gasteiger partial charge < -0.3 is 15.0 Å². The van der Waals surface area contributed by atoms with E-state index < -0.39 is 6.10 Å². The topological polar surface area (TPSA) is 84.7 Å². The molecule has 0 aliphatic carbocycles. The van der Waals surface area contributed by atoms with E-state index in [2.05, 4.69) is 47.3 Å². The molecule has 1 saturated heterocycles. The summed E-state index contributed by atoms with van der Waals surface area (Å²) in [5, 5.41) is 16.4. The van der Waals surface area contributed by atoms with Gasteiger partial charge in [0.2, 0.25) is 0 Å². The number of nitrogens with one attached hydrogen (secondary N) is 1. The lowest BCUT2D eigenvalue weighted by Gasteiger charge is -2.40. The van der Waals surface area contributed by atoms with E-state index in [1.807, 2.05) is 34.8 Å². The minimum absolute atomic E-state index is 0.0514. The lowest BCUT2D eigenvalue weighted by molar-refractivity contribution is -0.134. The van der Waals surface area contributed by atoms with Gasteiger partial charge in [-0.2, -0.15) is 4.52 Å². The number of fused-ring (bicyclic) bond motifs is 2. The fourth-order valence-corrected chi connectivity index (χ4v) is 4.25. The van der Waals surface area contributed by atoms with Crippen LogP contribution >= 0.6 is 0 Å². The Morgan fingerprint density at radius 2 is 1.97 bits per heavy atom. The molecule has 2 aliphatic heterocycles. The Morgan fingerprint density at radius 3 is 2.77 bits per heavy atom. The van der Waals surface area contributed by atoms with Crippen molar-refractivity contribution in [2.75, 3.05) is 31.1 Å². The summed E-state index contributed by atoms with van der Waals surface area (Å²) in [5.41, 5.74) is 2.81. The molecule has 1 fully saturated rings. The molecule has 0 spiro atoms. The molecule has 8 nitrogen and oxygen atoms in total. The fourth-order valence-electron chi connectivity index (χ4n) is 4.25. The summed E-state index contributed by atoms with van der Waals surface area (Å²) in [6.07, 6.45) is 0.355. The average Bonchev–Trinajstić information content (AvgIpc) is 3.16. The van der Waals surface area contributed by atoms with Crippen molar-refractivity contribution in [3.05, 3.63) is 53.3 Å². The second-order valence-corrected chi connectivity index (χ2v) is 9.45. The zero-order valence-corrected chi connectivity index (χ0v) is 18.2. The molecule has 2 aliphatic rings. The molecule has 0 saturated carbocycles. The van der Waals surface area contributed by atoms with Gasteiger partial charge in [0.05, 0.1) is 6.61 Å². The van der Waals surface area contributed by atoms with Crippen LogP contribution in [-0.2, 0) is 21.4 Å². The highest BCUT2D eigenvalue weighted by molar-refractivity contribution is 5.82. The molecule has 1 aromatic carbocycles. The third kappa shape index (κ3) is 3.76. The third-order valence-corrected chi connectivity index (χ3v) is 6.00. The number of nitrogens with zero attached hydrogens (tertiary/aromatic N) is 5. The minimum atomic E-state index is -0.505. The summed E-state index contributed by atoms with van der Waals surface area (Å²) in [5.74, 6) is 2.10. The van der Waals surface area contributed by atoms with Gasteiger partial charge >= 0.3 is 0 Å². The average molecular weight is 421 g/mol. The zero-order valence-electron chi connectivity index (χ0n) is 18.2. The maximum atomic E-state index is 12.7. The van der Waals surface area contributed by atoms with Crippen molar-refractivity contribution >= 4 is 17.4 Å². The first-order valence-electron chi connectivity index (χ1n) is 10.8. The molecular formula is C23H28N6O2. The van der Waals surface area contributed by atoms with E-state index in [0.29, 0.717) is 19.1 Å². The Kier molecular flexibility index (Phi) is 4.89. The number of hydrogen-bond donors (Lipinski definition) is 1. The predicted molar refractivity (Wildman–Crippen MR) is 117 cm³/mol. The summed E-state index contributed by atoms with van der Waals surface area (Å²) < 4.78 is 7.60. The second kappa shape index (κ2) is 7.60. The summed E-state index contributed by atoms with van der Waals surface area (Å²) >= 11 is 0. The van der Waals surface area contributed by atoms with E-state index in [-0.39, 0.29) is 11.3 Å². The smallest absolute Gasteiger partial charge is 0.253 e. The van der Waals surface area contributed by atoms with Crippen molar-refractivity contribution in [3.8, 4) is 0 Å². The van der Waals surface area contributed by atoms with E-state index in [1.165, 1.54) is 5.56 Å². The van der Waals surface area contributed by atoms with Gasteiger partial charge in [-0.25, -0.2) is 0 Å². The second-order valence-electron chi connectivity index (χ2n) is 9.45. The van der Waals surface area contributed by atoms with Crippen LogP contribution in [0, 0.1) is 5.92 Å². The maximum absolute atomic E-state index is 12.7. The fraction of sp³-hybridized carbons (Fsp3) is 0.478. The van der Waals surface area contributed by atoms with Crippen molar-refractivity contribution in [3.63, 3.8) is 0 Å². The lowest BCUT2D eigenvalue weighted by atomic mass is 9.96. The van der Waals surface area contributed by atoms with Gasteiger partial charge in [-0.15, -0.1) is 15.3 Å². The number of rotatable bonds is 4. The molecule has 0 radical (unpaired) electrons. The van der Waals surface area contributed by atoms with Crippen LogP contribution in [0.15, 0.2) is 36.4 Å². The van der Waals surface area contributed by atoms with E-state index >= 15 is 0 Å². The van der Waals surface area contributed by atoms with Crippen molar-refractivity contribution in [2.45, 2.75) is 38.7 Å². The molecule has 1 amide bonds. The molecule has 1 N–H and O–H groups in total. The first-order chi connectivity index (χ1) is 14.9. The summed E-state index contributed by atoms with van der Waals surface area (Å²) in [4.78, 5) is 14.9. The molecule has 2 aromatic heterocycles. The molecule has 1 unspecified atom stereocenters. The van der Waals surface area contributed by atoms with Gasteiger partial charge in [-0.3, -0.25) is 4.79 Å². The first kappa shape index (κ1) is 19.9. The lowest BCUT2D eigenvalue weighted by Crippen LogP contribution is -2.52. The van der Waals surface area contributed by atoms with Gasteiger partial charge in [0.25, 0.3) is 5.91 Å². The number of carbonyl (C=O) groups is 1. The predicted octanol–water partition coefficient (Wildman–Crippen LogP) is 2.29. The number of amides is 1. The molecule has 1 atom stereocenters. The summed E-state index contributed by atoms with van der Waals surface area (Å²) in [7, 11) is 0. The highest BCUT2D eigenvalue weighted by Crippen LogP contribution is 2.28. The van der Waals surface area contributed by atoms with Crippen LogP contribution in [0.2, 0.25) is 0 Å². The van der Waals surface area contributed by atoms with Crippen LogP contribution in [0.3, 0.4) is 0 Å². The third-order valence-electron chi connectivity index (χ3n) is 6.00. The summed E-state index contributed by atoms with van der Waals surface area (Å²) in [6, 6.07) is 12.0. The minimum Gasteiger partial charge on any atom is -0.363 e. The number of anilines is 1. The normalized spacial score (nSPS) is 19.2. The Balaban J connectivity index is 1.19. The van der Waals surface area contributed by atoms with Crippen LogP contribution in [0.25, 0.3) is 5.65 Å². The molecule has 0 bridgehead atoms. The number of aromatic nitrogens is 4. The molecular weight excluding hydrogens is 392 g/mol. The van der Waals surface area contributed by atoms with Crippen LogP contribution < -0.4 is 10.2 Å². The van der Waals surface area contributed by atoms with Crippen LogP contribution in [0.4, 0.5) is 5.82 Å². The monoisotopic (exact) mass is 420 g/mol. The van der Waals surface area contributed by atoms with Crippen LogP contribution in [0.5, 0.6) is 0 Å². The van der Waals surface area contributed by atoms with Gasteiger partial charge in [-0.1, -0.05) is 45.0 Å².